The standard InChI is InChI=1S/C18H25N3/c1-18(2)9-5-11-21(13-18)16(12-19)15-8-3-6-14-7-4-10-20-17(14)15/h3-4,6-8,10,16H,5,9,11-13,19H2,1-2H3. The molecule has 0 bridgehead atoms. The van der Waals surface area contributed by atoms with Crippen molar-refractivity contribution in [3.63, 3.8) is 0 Å². The van der Waals surface area contributed by atoms with Gasteiger partial charge in [0.15, 0.2) is 0 Å². The Morgan fingerprint density at radius 3 is 2.86 bits per heavy atom. The number of fused-ring (bicyclic) bond motifs is 1. The molecule has 21 heavy (non-hydrogen) atoms. The van der Waals surface area contributed by atoms with Crippen LogP contribution in [0.5, 0.6) is 0 Å². The monoisotopic (exact) mass is 283 g/mol. The number of nitrogens with two attached hydrogens (primary N) is 1. The number of benzene rings is 1. The van der Waals surface area contributed by atoms with E-state index in [2.05, 4.69) is 48.0 Å². The topological polar surface area (TPSA) is 42.1 Å². The molecule has 1 atom stereocenters. The molecule has 3 rings (SSSR count). The lowest BCUT2D eigenvalue weighted by Gasteiger charge is -2.42. The summed E-state index contributed by atoms with van der Waals surface area (Å²) in [5, 5.41) is 1.20. The SMILES string of the molecule is CC1(C)CCCN(C(CN)c2cccc3cccnc23)C1. The number of hydrogen-bond donors (Lipinski definition) is 1. The van der Waals surface area contributed by atoms with Crippen LogP contribution in [0.25, 0.3) is 10.9 Å². The number of aromatic nitrogens is 1. The molecule has 2 aromatic rings. The fourth-order valence-electron chi connectivity index (χ4n) is 3.60. The summed E-state index contributed by atoms with van der Waals surface area (Å²) >= 11 is 0. The third-order valence-corrected chi connectivity index (χ3v) is 4.62. The fraction of sp³-hybridized carbons (Fsp3) is 0.500. The molecule has 1 fully saturated rings. The summed E-state index contributed by atoms with van der Waals surface area (Å²) in [5.74, 6) is 0. The van der Waals surface area contributed by atoms with E-state index in [-0.39, 0.29) is 6.04 Å². The van der Waals surface area contributed by atoms with Gasteiger partial charge < -0.3 is 5.73 Å². The lowest BCUT2D eigenvalue weighted by Crippen LogP contribution is -2.44. The molecule has 0 amide bonds. The van der Waals surface area contributed by atoms with Crippen molar-refractivity contribution in [1.82, 2.24) is 9.88 Å². The van der Waals surface area contributed by atoms with Gasteiger partial charge in [0, 0.05) is 30.7 Å². The van der Waals surface area contributed by atoms with Crippen molar-refractivity contribution in [2.45, 2.75) is 32.7 Å². The smallest absolute Gasteiger partial charge is 0.0750 e. The highest BCUT2D eigenvalue weighted by molar-refractivity contribution is 5.82. The first-order valence-corrected chi connectivity index (χ1v) is 7.88. The van der Waals surface area contributed by atoms with Gasteiger partial charge in [0.2, 0.25) is 0 Å². The van der Waals surface area contributed by atoms with Crippen LogP contribution in [0.4, 0.5) is 0 Å². The highest BCUT2D eigenvalue weighted by Crippen LogP contribution is 2.34. The summed E-state index contributed by atoms with van der Waals surface area (Å²) in [5.41, 5.74) is 8.89. The van der Waals surface area contributed by atoms with Gasteiger partial charge in [0.1, 0.15) is 0 Å². The summed E-state index contributed by atoms with van der Waals surface area (Å²) in [6, 6.07) is 10.8. The van der Waals surface area contributed by atoms with Crippen molar-refractivity contribution in [1.29, 1.82) is 0 Å². The molecule has 0 spiro atoms. The first-order valence-electron chi connectivity index (χ1n) is 7.88. The molecule has 0 aliphatic carbocycles. The van der Waals surface area contributed by atoms with Crippen LogP contribution in [0.3, 0.4) is 0 Å². The van der Waals surface area contributed by atoms with Crippen LogP contribution in [0, 0.1) is 5.41 Å². The zero-order valence-corrected chi connectivity index (χ0v) is 13.0. The van der Waals surface area contributed by atoms with Gasteiger partial charge in [-0.2, -0.15) is 0 Å². The fourth-order valence-corrected chi connectivity index (χ4v) is 3.60. The van der Waals surface area contributed by atoms with E-state index < -0.39 is 0 Å². The van der Waals surface area contributed by atoms with Crippen LogP contribution >= 0.6 is 0 Å². The van der Waals surface area contributed by atoms with E-state index in [1.807, 2.05) is 12.3 Å². The molecule has 2 heterocycles. The first-order chi connectivity index (χ1) is 10.1. The highest BCUT2D eigenvalue weighted by atomic mass is 15.2. The molecule has 1 aliphatic heterocycles. The molecule has 1 saturated heterocycles. The van der Waals surface area contributed by atoms with Gasteiger partial charge >= 0.3 is 0 Å². The zero-order valence-electron chi connectivity index (χ0n) is 13.0. The number of hydrogen-bond acceptors (Lipinski definition) is 3. The van der Waals surface area contributed by atoms with Gasteiger partial charge in [-0.3, -0.25) is 9.88 Å². The minimum atomic E-state index is 0.267. The molecular weight excluding hydrogens is 258 g/mol. The maximum Gasteiger partial charge on any atom is 0.0750 e. The van der Waals surface area contributed by atoms with Crippen molar-refractivity contribution in [2.75, 3.05) is 19.6 Å². The maximum absolute atomic E-state index is 6.15. The highest BCUT2D eigenvalue weighted by Gasteiger charge is 2.31. The third-order valence-electron chi connectivity index (χ3n) is 4.62. The van der Waals surface area contributed by atoms with Gasteiger partial charge in [-0.1, -0.05) is 38.1 Å². The minimum Gasteiger partial charge on any atom is -0.329 e. The Kier molecular flexibility index (Phi) is 3.96. The summed E-state index contributed by atoms with van der Waals surface area (Å²) < 4.78 is 0. The Balaban J connectivity index is 1.98. The zero-order chi connectivity index (χ0) is 14.9. The molecular formula is C18H25N3. The van der Waals surface area contributed by atoms with Gasteiger partial charge in [-0.15, -0.1) is 0 Å². The summed E-state index contributed by atoms with van der Waals surface area (Å²) in [4.78, 5) is 7.15. The van der Waals surface area contributed by atoms with Crippen LogP contribution in [0.2, 0.25) is 0 Å². The van der Waals surface area contributed by atoms with Crippen LogP contribution in [0.15, 0.2) is 36.5 Å². The van der Waals surface area contributed by atoms with Crippen molar-refractivity contribution >= 4 is 10.9 Å². The number of para-hydroxylation sites is 1. The van der Waals surface area contributed by atoms with Gasteiger partial charge in [0.25, 0.3) is 0 Å². The molecule has 112 valence electrons. The molecule has 0 saturated carbocycles. The largest absolute Gasteiger partial charge is 0.329 e. The van der Waals surface area contributed by atoms with E-state index in [1.165, 1.54) is 23.8 Å². The molecule has 1 aromatic carbocycles. The van der Waals surface area contributed by atoms with Crippen molar-refractivity contribution in [3.05, 3.63) is 42.1 Å². The Morgan fingerprint density at radius 1 is 1.29 bits per heavy atom. The molecule has 2 N–H and O–H groups in total. The number of likely N-dealkylation sites (tertiary alicyclic amines) is 1. The summed E-state index contributed by atoms with van der Waals surface area (Å²) in [6.07, 6.45) is 4.43. The van der Waals surface area contributed by atoms with Crippen LogP contribution < -0.4 is 5.73 Å². The average Bonchev–Trinajstić information content (AvgIpc) is 2.47. The summed E-state index contributed by atoms with van der Waals surface area (Å²) in [7, 11) is 0. The van der Waals surface area contributed by atoms with Crippen LogP contribution in [-0.4, -0.2) is 29.5 Å². The third kappa shape index (κ3) is 2.94. The van der Waals surface area contributed by atoms with E-state index in [0.717, 1.165) is 18.6 Å². The van der Waals surface area contributed by atoms with Crippen molar-refractivity contribution in [2.24, 2.45) is 11.1 Å². The number of pyridine rings is 1. The Morgan fingerprint density at radius 2 is 2.10 bits per heavy atom. The van der Waals surface area contributed by atoms with Gasteiger partial charge in [-0.25, -0.2) is 0 Å². The molecule has 3 heteroatoms. The van der Waals surface area contributed by atoms with Crippen LogP contribution in [-0.2, 0) is 0 Å². The second-order valence-electron chi connectivity index (χ2n) is 6.91. The van der Waals surface area contributed by atoms with Crippen molar-refractivity contribution in [3.8, 4) is 0 Å². The molecule has 3 nitrogen and oxygen atoms in total. The van der Waals surface area contributed by atoms with Crippen molar-refractivity contribution < 1.29 is 0 Å². The quantitative estimate of drug-likeness (QED) is 0.939. The Labute approximate surface area is 127 Å². The summed E-state index contributed by atoms with van der Waals surface area (Å²) in [6.45, 7) is 7.60. The Bertz CT molecular complexity index is 615. The molecule has 1 aromatic heterocycles. The van der Waals surface area contributed by atoms with E-state index in [4.69, 9.17) is 5.73 Å². The first kappa shape index (κ1) is 14.5. The minimum absolute atomic E-state index is 0.267. The Hall–Kier alpha value is -1.45. The number of rotatable bonds is 3. The predicted molar refractivity (Wildman–Crippen MR) is 88.1 cm³/mol. The van der Waals surface area contributed by atoms with Crippen LogP contribution in [0.1, 0.15) is 38.3 Å². The number of nitrogens with zero attached hydrogens (tertiary/aromatic N) is 2. The number of piperidine rings is 1. The average molecular weight is 283 g/mol. The second-order valence-corrected chi connectivity index (χ2v) is 6.91. The normalized spacial score (nSPS) is 20.5. The van der Waals surface area contributed by atoms with E-state index in [9.17, 15) is 0 Å². The molecule has 1 unspecified atom stereocenters. The van der Waals surface area contributed by atoms with Gasteiger partial charge in [0.05, 0.1) is 5.52 Å². The second kappa shape index (κ2) is 5.74. The molecule has 1 aliphatic rings. The van der Waals surface area contributed by atoms with E-state index >= 15 is 0 Å². The maximum atomic E-state index is 6.15. The lowest BCUT2D eigenvalue weighted by molar-refractivity contribution is 0.0811. The lowest BCUT2D eigenvalue weighted by atomic mass is 9.83. The van der Waals surface area contributed by atoms with E-state index in [1.54, 1.807) is 0 Å². The van der Waals surface area contributed by atoms with E-state index in [0.29, 0.717) is 12.0 Å². The van der Waals surface area contributed by atoms with Gasteiger partial charge in [-0.05, 0) is 36.4 Å². The molecule has 0 radical (unpaired) electrons. The predicted octanol–water partition coefficient (Wildman–Crippen LogP) is 3.36.